The number of phenols is 1. The molecule has 1 aliphatic heterocycles. The Hall–Kier alpha value is -2.08. The number of hydrogen-bond acceptors (Lipinski definition) is 5. The normalized spacial score (nSPS) is 18.6. The van der Waals surface area contributed by atoms with E-state index in [0.717, 1.165) is 5.56 Å². The third kappa shape index (κ3) is 3.27. The van der Waals surface area contributed by atoms with Crippen molar-refractivity contribution in [2.45, 2.75) is 12.5 Å². The van der Waals surface area contributed by atoms with Crippen LogP contribution in [0.1, 0.15) is 5.56 Å². The van der Waals surface area contributed by atoms with Crippen molar-refractivity contribution in [3.8, 4) is 5.75 Å². The number of carbonyl (C=O) groups excluding carboxylic acids is 2. The van der Waals surface area contributed by atoms with E-state index in [0.29, 0.717) is 13.2 Å². The number of morpholine rings is 1. The quantitative estimate of drug-likeness (QED) is 0.807. The number of methoxy groups -OCH3 is 1. The molecule has 6 nitrogen and oxygen atoms in total. The molecule has 0 radical (unpaired) electrons. The number of aromatic hydroxyl groups is 1. The highest BCUT2D eigenvalue weighted by Crippen LogP contribution is 2.14. The minimum absolute atomic E-state index is 0.153. The molecule has 0 bridgehead atoms. The van der Waals surface area contributed by atoms with Crippen LogP contribution in [0.5, 0.6) is 5.75 Å². The summed E-state index contributed by atoms with van der Waals surface area (Å²) in [4.78, 5) is 25.4. The topological polar surface area (TPSA) is 76.1 Å². The van der Waals surface area contributed by atoms with Gasteiger partial charge >= 0.3 is 5.97 Å². The van der Waals surface area contributed by atoms with Crippen molar-refractivity contribution in [2.24, 2.45) is 0 Å². The molecule has 0 aliphatic carbocycles. The van der Waals surface area contributed by atoms with E-state index >= 15 is 0 Å². The lowest BCUT2D eigenvalue weighted by Crippen LogP contribution is -2.53. The maximum atomic E-state index is 12.3. The summed E-state index contributed by atoms with van der Waals surface area (Å²) in [5.41, 5.74) is 0.780. The van der Waals surface area contributed by atoms with E-state index in [2.05, 4.69) is 0 Å². The number of phenolic OH excluding ortho intramolecular Hbond substituents is 1. The molecule has 0 aromatic heterocycles. The molecule has 1 N–H and O–H groups in total. The van der Waals surface area contributed by atoms with Crippen molar-refractivity contribution in [3.63, 3.8) is 0 Å². The van der Waals surface area contributed by atoms with E-state index in [-0.39, 0.29) is 24.7 Å². The molecule has 1 heterocycles. The van der Waals surface area contributed by atoms with E-state index in [1.54, 1.807) is 12.1 Å². The average molecular weight is 279 g/mol. The molecule has 2 rings (SSSR count). The lowest BCUT2D eigenvalue weighted by atomic mass is 10.1. The van der Waals surface area contributed by atoms with Gasteiger partial charge < -0.3 is 19.5 Å². The van der Waals surface area contributed by atoms with Gasteiger partial charge in [-0.05, 0) is 17.7 Å². The van der Waals surface area contributed by atoms with Crippen LogP contribution < -0.4 is 0 Å². The van der Waals surface area contributed by atoms with Gasteiger partial charge in [0.05, 0.1) is 26.7 Å². The first kappa shape index (κ1) is 14.3. The zero-order valence-electron chi connectivity index (χ0n) is 11.2. The van der Waals surface area contributed by atoms with E-state index in [1.807, 2.05) is 0 Å². The fourth-order valence-electron chi connectivity index (χ4n) is 2.12. The van der Waals surface area contributed by atoms with E-state index in [9.17, 15) is 14.7 Å². The predicted octanol–water partition coefficient (Wildman–Crippen LogP) is 0.335. The summed E-state index contributed by atoms with van der Waals surface area (Å²) in [7, 11) is 1.29. The Balaban J connectivity index is 2.05. The molecule has 1 fully saturated rings. The van der Waals surface area contributed by atoms with Crippen LogP contribution in [0.4, 0.5) is 0 Å². The summed E-state index contributed by atoms with van der Waals surface area (Å²) in [5.74, 6) is -0.474. The SMILES string of the molecule is COC(=O)C1COCCN1C(=O)Cc1ccc(O)cc1. The van der Waals surface area contributed by atoms with E-state index in [1.165, 1.54) is 24.1 Å². The number of rotatable bonds is 3. The Morgan fingerprint density at radius 3 is 2.75 bits per heavy atom. The summed E-state index contributed by atoms with van der Waals surface area (Å²) in [6, 6.07) is 5.74. The highest BCUT2D eigenvalue weighted by molar-refractivity contribution is 5.86. The van der Waals surface area contributed by atoms with Crippen molar-refractivity contribution < 1.29 is 24.2 Å². The highest BCUT2D eigenvalue weighted by atomic mass is 16.5. The Bertz CT molecular complexity index is 485. The summed E-state index contributed by atoms with van der Waals surface area (Å²) in [6.07, 6.45) is 0.174. The molecule has 0 saturated carbocycles. The number of nitrogens with zero attached hydrogens (tertiary/aromatic N) is 1. The van der Waals surface area contributed by atoms with Crippen molar-refractivity contribution in [1.82, 2.24) is 4.90 Å². The van der Waals surface area contributed by atoms with Gasteiger partial charge in [0.1, 0.15) is 5.75 Å². The largest absolute Gasteiger partial charge is 0.508 e. The van der Waals surface area contributed by atoms with Crippen molar-refractivity contribution in [2.75, 3.05) is 26.9 Å². The van der Waals surface area contributed by atoms with Crippen LogP contribution >= 0.6 is 0 Å². The van der Waals surface area contributed by atoms with Crippen molar-refractivity contribution in [1.29, 1.82) is 0 Å². The summed E-state index contributed by atoms with van der Waals surface area (Å²) < 4.78 is 9.91. The molecule has 0 spiro atoms. The lowest BCUT2D eigenvalue weighted by molar-refractivity contribution is -0.160. The van der Waals surface area contributed by atoms with Gasteiger partial charge in [0.2, 0.25) is 5.91 Å². The van der Waals surface area contributed by atoms with E-state index < -0.39 is 12.0 Å². The minimum atomic E-state index is -0.682. The predicted molar refractivity (Wildman–Crippen MR) is 70.1 cm³/mol. The molecular weight excluding hydrogens is 262 g/mol. The Morgan fingerprint density at radius 2 is 2.10 bits per heavy atom. The number of amides is 1. The smallest absolute Gasteiger partial charge is 0.331 e. The van der Waals surface area contributed by atoms with Gasteiger partial charge in [-0.1, -0.05) is 12.1 Å². The molecule has 108 valence electrons. The standard InChI is InChI=1S/C14H17NO5/c1-19-14(18)12-9-20-7-6-15(12)13(17)8-10-2-4-11(16)5-3-10/h2-5,12,16H,6-9H2,1H3. The highest BCUT2D eigenvalue weighted by Gasteiger charge is 2.33. The van der Waals surface area contributed by atoms with Gasteiger partial charge in [-0.25, -0.2) is 4.79 Å². The van der Waals surface area contributed by atoms with Gasteiger partial charge in [-0.15, -0.1) is 0 Å². The summed E-state index contributed by atoms with van der Waals surface area (Å²) >= 11 is 0. The zero-order chi connectivity index (χ0) is 14.5. The molecule has 1 saturated heterocycles. The molecule has 1 amide bonds. The van der Waals surface area contributed by atoms with Crippen molar-refractivity contribution >= 4 is 11.9 Å². The number of ether oxygens (including phenoxy) is 2. The van der Waals surface area contributed by atoms with Gasteiger partial charge in [0.25, 0.3) is 0 Å². The van der Waals surface area contributed by atoms with Crippen LogP contribution in [0.2, 0.25) is 0 Å². The number of hydrogen-bond donors (Lipinski definition) is 1. The average Bonchev–Trinajstić information content (AvgIpc) is 2.48. The number of esters is 1. The van der Waals surface area contributed by atoms with Gasteiger partial charge in [-0.3, -0.25) is 4.79 Å². The van der Waals surface area contributed by atoms with Crippen molar-refractivity contribution in [3.05, 3.63) is 29.8 Å². The fraction of sp³-hybridized carbons (Fsp3) is 0.429. The second kappa shape index (κ2) is 6.38. The maximum absolute atomic E-state index is 12.3. The molecule has 1 unspecified atom stereocenters. The Labute approximate surface area is 116 Å². The van der Waals surface area contributed by atoms with Crippen LogP contribution in [0.15, 0.2) is 24.3 Å². The first-order valence-corrected chi connectivity index (χ1v) is 6.35. The molecule has 6 heteroatoms. The van der Waals surface area contributed by atoms with Crippen LogP contribution in [-0.2, 0) is 25.5 Å². The van der Waals surface area contributed by atoms with Gasteiger partial charge in [-0.2, -0.15) is 0 Å². The monoisotopic (exact) mass is 279 g/mol. The van der Waals surface area contributed by atoms with Crippen LogP contribution in [0.3, 0.4) is 0 Å². The summed E-state index contributed by atoms with van der Waals surface area (Å²) in [5, 5.41) is 9.21. The fourth-order valence-corrected chi connectivity index (χ4v) is 2.12. The second-order valence-electron chi connectivity index (χ2n) is 4.54. The van der Waals surface area contributed by atoms with E-state index in [4.69, 9.17) is 9.47 Å². The Morgan fingerprint density at radius 1 is 1.40 bits per heavy atom. The zero-order valence-corrected chi connectivity index (χ0v) is 11.2. The Kier molecular flexibility index (Phi) is 4.57. The third-order valence-electron chi connectivity index (χ3n) is 3.21. The first-order chi connectivity index (χ1) is 9.61. The first-order valence-electron chi connectivity index (χ1n) is 6.35. The van der Waals surface area contributed by atoms with Crippen LogP contribution in [-0.4, -0.2) is 54.8 Å². The number of carbonyl (C=O) groups is 2. The third-order valence-corrected chi connectivity index (χ3v) is 3.21. The molecule has 1 aromatic rings. The molecule has 1 atom stereocenters. The maximum Gasteiger partial charge on any atom is 0.331 e. The minimum Gasteiger partial charge on any atom is -0.508 e. The molecule has 20 heavy (non-hydrogen) atoms. The molecular formula is C14H17NO5. The number of benzene rings is 1. The lowest BCUT2D eigenvalue weighted by Gasteiger charge is -2.33. The molecule has 1 aliphatic rings. The van der Waals surface area contributed by atoms with Gasteiger partial charge in [0.15, 0.2) is 6.04 Å². The van der Waals surface area contributed by atoms with Crippen LogP contribution in [0, 0.1) is 0 Å². The summed E-state index contributed by atoms with van der Waals surface area (Å²) in [6.45, 7) is 0.944. The second-order valence-corrected chi connectivity index (χ2v) is 4.54. The molecule has 1 aromatic carbocycles. The van der Waals surface area contributed by atoms with Gasteiger partial charge in [0, 0.05) is 6.54 Å². The van der Waals surface area contributed by atoms with Crippen LogP contribution in [0.25, 0.3) is 0 Å².